The van der Waals surface area contributed by atoms with Crippen LogP contribution in [0.1, 0.15) is 47.0 Å². The summed E-state index contributed by atoms with van der Waals surface area (Å²) in [5.74, 6) is -2.69. The summed E-state index contributed by atoms with van der Waals surface area (Å²) in [6.45, 7) is 7.51. The molecule has 26 heavy (non-hydrogen) atoms. The number of ether oxygens (including phenoxy) is 1. The second kappa shape index (κ2) is 5.39. The summed E-state index contributed by atoms with van der Waals surface area (Å²) < 4.78 is 5.88. The van der Waals surface area contributed by atoms with Crippen LogP contribution >= 0.6 is 0 Å². The first-order valence-corrected chi connectivity index (χ1v) is 9.69. The van der Waals surface area contributed by atoms with Gasteiger partial charge in [0.2, 0.25) is 0 Å². The highest BCUT2D eigenvalue weighted by atomic mass is 16.7. The quantitative estimate of drug-likeness (QED) is 0.575. The van der Waals surface area contributed by atoms with Crippen molar-refractivity contribution in [3.8, 4) is 0 Å². The number of carbonyl (C=O) groups is 1. The van der Waals surface area contributed by atoms with Gasteiger partial charge in [0.15, 0.2) is 11.6 Å². The predicted octanol–water partition coefficient (Wildman–Crippen LogP) is 0.766. The molecular weight excluding hydrogens is 336 g/mol. The van der Waals surface area contributed by atoms with Crippen LogP contribution in [0.2, 0.25) is 0 Å². The first-order chi connectivity index (χ1) is 12.0. The van der Waals surface area contributed by atoms with Gasteiger partial charge in [-0.25, -0.2) is 0 Å². The van der Waals surface area contributed by atoms with E-state index in [9.17, 15) is 25.2 Å². The molecule has 0 aromatic heterocycles. The van der Waals surface area contributed by atoms with Crippen molar-refractivity contribution in [3.05, 3.63) is 11.1 Å². The Morgan fingerprint density at radius 1 is 1.23 bits per heavy atom. The zero-order valence-electron chi connectivity index (χ0n) is 15.9. The van der Waals surface area contributed by atoms with Gasteiger partial charge in [-0.2, -0.15) is 0 Å². The van der Waals surface area contributed by atoms with Crippen LogP contribution in [-0.2, 0) is 9.53 Å². The van der Waals surface area contributed by atoms with Crippen LogP contribution in [0, 0.1) is 28.6 Å². The Balaban J connectivity index is 1.91. The van der Waals surface area contributed by atoms with Gasteiger partial charge in [-0.1, -0.05) is 33.3 Å². The molecule has 0 aromatic rings. The van der Waals surface area contributed by atoms with Gasteiger partial charge in [-0.15, -0.1) is 0 Å². The fourth-order valence-electron chi connectivity index (χ4n) is 6.32. The molecule has 6 nitrogen and oxygen atoms in total. The Morgan fingerprint density at radius 3 is 2.46 bits per heavy atom. The topological polar surface area (TPSA) is 107 Å². The minimum Gasteiger partial charge on any atom is -0.396 e. The lowest BCUT2D eigenvalue weighted by atomic mass is 9.52. The molecule has 4 N–H and O–H groups in total. The molecule has 0 radical (unpaired) electrons. The van der Waals surface area contributed by atoms with Crippen molar-refractivity contribution in [1.29, 1.82) is 0 Å². The number of aliphatic hydroxyl groups excluding tert-OH is 3. The smallest absolute Gasteiger partial charge is 0.198 e. The van der Waals surface area contributed by atoms with Crippen molar-refractivity contribution in [1.82, 2.24) is 0 Å². The largest absolute Gasteiger partial charge is 0.396 e. The van der Waals surface area contributed by atoms with E-state index in [1.165, 1.54) is 0 Å². The standard InChI is InChI=1S/C20H30O6/c1-9(2)13-14-11-7-12-10(8-21)16(23)20(25,26-12)19(11,4)6-5-18(14,3)17(24)15(13)22/h9-12,16-17,21,23-25H,5-8H2,1-4H3. The normalized spacial score (nSPS) is 53.3. The lowest BCUT2D eigenvalue weighted by molar-refractivity contribution is -0.328. The van der Waals surface area contributed by atoms with Crippen LogP contribution in [0.25, 0.3) is 0 Å². The Kier molecular flexibility index (Phi) is 3.85. The molecule has 146 valence electrons. The van der Waals surface area contributed by atoms with Crippen molar-refractivity contribution < 1.29 is 30.0 Å². The van der Waals surface area contributed by atoms with E-state index in [4.69, 9.17) is 4.74 Å². The first-order valence-electron chi connectivity index (χ1n) is 9.69. The van der Waals surface area contributed by atoms with Crippen molar-refractivity contribution in [3.63, 3.8) is 0 Å². The Hall–Kier alpha value is -0.790. The average Bonchev–Trinajstić information content (AvgIpc) is 2.92. The van der Waals surface area contributed by atoms with Crippen molar-refractivity contribution >= 4 is 5.78 Å². The van der Waals surface area contributed by atoms with Gasteiger partial charge < -0.3 is 25.2 Å². The third-order valence-electron chi connectivity index (χ3n) is 7.99. The molecule has 8 unspecified atom stereocenters. The van der Waals surface area contributed by atoms with Crippen LogP contribution in [0.15, 0.2) is 11.1 Å². The van der Waals surface area contributed by atoms with Crippen LogP contribution in [0.4, 0.5) is 0 Å². The van der Waals surface area contributed by atoms with Gasteiger partial charge in [0.1, 0.15) is 12.2 Å². The predicted molar refractivity (Wildman–Crippen MR) is 92.8 cm³/mol. The van der Waals surface area contributed by atoms with Crippen LogP contribution in [0.3, 0.4) is 0 Å². The number of Topliss-reactive ketones (excluding diaryl/α,β-unsaturated/α-hetero) is 1. The van der Waals surface area contributed by atoms with E-state index in [2.05, 4.69) is 0 Å². The van der Waals surface area contributed by atoms with E-state index in [0.717, 1.165) is 5.57 Å². The Bertz CT molecular complexity index is 686. The maximum absolute atomic E-state index is 12.8. The summed E-state index contributed by atoms with van der Waals surface area (Å²) in [7, 11) is 0. The highest BCUT2D eigenvalue weighted by Crippen LogP contribution is 2.68. The number of hydrogen-bond acceptors (Lipinski definition) is 6. The van der Waals surface area contributed by atoms with Gasteiger partial charge in [-0.05, 0) is 31.1 Å². The van der Waals surface area contributed by atoms with Gasteiger partial charge in [0, 0.05) is 22.3 Å². The highest BCUT2D eigenvalue weighted by molar-refractivity contribution is 6.04. The van der Waals surface area contributed by atoms with E-state index >= 15 is 0 Å². The van der Waals surface area contributed by atoms with Gasteiger partial charge >= 0.3 is 0 Å². The third-order valence-corrected chi connectivity index (χ3v) is 7.99. The molecule has 2 bridgehead atoms. The zero-order valence-corrected chi connectivity index (χ0v) is 15.9. The fraction of sp³-hybridized carbons (Fsp3) is 0.850. The molecule has 0 aromatic carbocycles. The van der Waals surface area contributed by atoms with Crippen LogP contribution < -0.4 is 0 Å². The molecule has 0 spiro atoms. The van der Waals surface area contributed by atoms with Crippen LogP contribution in [-0.4, -0.2) is 56.9 Å². The van der Waals surface area contributed by atoms with Crippen molar-refractivity contribution in [2.45, 2.75) is 71.1 Å². The summed E-state index contributed by atoms with van der Waals surface area (Å²) in [6.07, 6.45) is -1.07. The summed E-state index contributed by atoms with van der Waals surface area (Å²) in [4.78, 5) is 12.8. The molecule has 2 aliphatic heterocycles. The molecule has 2 saturated heterocycles. The monoisotopic (exact) mass is 366 g/mol. The number of aliphatic hydroxyl groups is 4. The molecule has 1 saturated carbocycles. The van der Waals surface area contributed by atoms with E-state index < -0.39 is 40.8 Å². The van der Waals surface area contributed by atoms with Gasteiger partial charge in [-0.3, -0.25) is 4.79 Å². The number of ketones is 1. The maximum Gasteiger partial charge on any atom is 0.198 e. The zero-order chi connectivity index (χ0) is 19.2. The second-order valence-electron chi connectivity index (χ2n) is 9.52. The molecule has 3 fully saturated rings. The third kappa shape index (κ3) is 1.87. The molecule has 2 heterocycles. The van der Waals surface area contributed by atoms with E-state index in [1.54, 1.807) is 0 Å². The SMILES string of the molecule is CC(C)C1=C2C3CC4OC(O)(C(O)C4CO)C3(C)CCC2(C)C(O)C1=O. The number of fused-ring (bicyclic) bond motifs is 6. The number of rotatable bonds is 2. The van der Waals surface area contributed by atoms with E-state index in [-0.39, 0.29) is 24.2 Å². The van der Waals surface area contributed by atoms with E-state index in [1.807, 2.05) is 27.7 Å². The molecule has 6 heteroatoms. The second-order valence-corrected chi connectivity index (χ2v) is 9.52. The Morgan fingerprint density at radius 2 is 1.88 bits per heavy atom. The number of carbonyl (C=O) groups excluding carboxylic acids is 1. The minimum atomic E-state index is -1.75. The lowest BCUT2D eigenvalue weighted by Crippen LogP contribution is -2.62. The molecule has 4 aliphatic rings. The lowest BCUT2D eigenvalue weighted by Gasteiger charge is -2.58. The summed E-state index contributed by atoms with van der Waals surface area (Å²) in [5.41, 5.74) is 0.215. The minimum absolute atomic E-state index is 0.0231. The average molecular weight is 366 g/mol. The molecule has 4 rings (SSSR count). The molecule has 2 aliphatic carbocycles. The van der Waals surface area contributed by atoms with Crippen molar-refractivity contribution in [2.24, 2.45) is 28.6 Å². The summed E-state index contributed by atoms with van der Waals surface area (Å²) in [5, 5.41) is 42.5. The molecule has 8 atom stereocenters. The van der Waals surface area contributed by atoms with Gasteiger partial charge in [0.05, 0.1) is 12.7 Å². The van der Waals surface area contributed by atoms with E-state index in [0.29, 0.717) is 24.8 Å². The molecular formula is C20H30O6. The fourth-order valence-corrected chi connectivity index (χ4v) is 6.32. The summed E-state index contributed by atoms with van der Waals surface area (Å²) in [6, 6.07) is 0. The maximum atomic E-state index is 12.8. The summed E-state index contributed by atoms with van der Waals surface area (Å²) >= 11 is 0. The Labute approximate surface area is 153 Å². The molecule has 0 amide bonds. The highest BCUT2D eigenvalue weighted by Gasteiger charge is 2.72. The number of hydrogen-bond donors (Lipinski definition) is 4. The van der Waals surface area contributed by atoms with Crippen LogP contribution in [0.5, 0.6) is 0 Å². The first kappa shape index (κ1) is 18.6. The van der Waals surface area contributed by atoms with Crippen molar-refractivity contribution in [2.75, 3.05) is 6.61 Å². The van der Waals surface area contributed by atoms with Gasteiger partial charge in [0.25, 0.3) is 0 Å².